The quantitative estimate of drug-likeness (QED) is 0.284. The number of amides is 3. The highest BCUT2D eigenvalue weighted by molar-refractivity contribution is 7.87. The first-order valence-corrected chi connectivity index (χ1v) is 15.2. The van der Waals surface area contributed by atoms with E-state index in [1.54, 1.807) is 59.3 Å². The van der Waals surface area contributed by atoms with E-state index in [4.69, 9.17) is 9.84 Å². The molecule has 11 nitrogen and oxygen atoms in total. The fraction of sp³-hybridized carbons (Fsp3) is 0.258. The molecule has 4 aromatic rings. The third kappa shape index (κ3) is 6.74. The van der Waals surface area contributed by atoms with E-state index in [1.165, 1.54) is 31.4 Å². The van der Waals surface area contributed by atoms with Crippen LogP contribution < -0.4 is 15.4 Å². The van der Waals surface area contributed by atoms with Crippen molar-refractivity contribution < 1.29 is 27.1 Å². The molecule has 1 fully saturated rings. The van der Waals surface area contributed by atoms with Gasteiger partial charge in [-0.05, 0) is 59.7 Å². The predicted octanol–water partition coefficient (Wildman–Crippen LogP) is 5.05. The van der Waals surface area contributed by atoms with E-state index in [0.29, 0.717) is 39.8 Å². The Kier molecular flexibility index (Phi) is 8.44. The molecule has 2 heterocycles. The second kappa shape index (κ2) is 12.1. The number of urea groups is 1. The Bertz CT molecular complexity index is 1780. The Morgan fingerprint density at radius 1 is 0.955 bits per heavy atom. The number of carbonyl (C=O) groups is 2. The molecule has 0 aliphatic carbocycles. The zero-order valence-corrected chi connectivity index (χ0v) is 25.6. The van der Waals surface area contributed by atoms with Crippen LogP contribution in [0.4, 0.5) is 20.7 Å². The maximum absolute atomic E-state index is 13.4. The van der Waals surface area contributed by atoms with Gasteiger partial charge >= 0.3 is 16.2 Å². The molecule has 44 heavy (non-hydrogen) atoms. The molecule has 1 saturated heterocycles. The van der Waals surface area contributed by atoms with E-state index in [9.17, 15) is 22.4 Å². The molecule has 2 N–H and O–H groups in total. The zero-order valence-electron chi connectivity index (χ0n) is 24.7. The topological polar surface area (TPSA) is 126 Å². The van der Waals surface area contributed by atoms with Gasteiger partial charge < -0.3 is 10.1 Å². The largest absolute Gasteiger partial charge is 0.497 e. The highest BCUT2D eigenvalue weighted by Crippen LogP contribution is 2.28. The standard InChI is InChI=1S/C31H33FN6O5S/c1-31(2,3)27-17-28(34-30(40)33-24-12-10-23(32)11-13-24)38(35-27)25-7-5-6-22(16-25)18-36-20-29(39)37(44(36,41)42)19-21-8-14-26(43-4)15-9-21/h5-17H,18-20H2,1-4H3,(H2,33,34,40). The van der Waals surface area contributed by atoms with Gasteiger partial charge in [-0.2, -0.15) is 17.8 Å². The SMILES string of the molecule is COc1ccc(CN2C(=O)CN(Cc3cccc(-n4nc(C(C)(C)C)cc4NC(=O)Nc4ccc(F)cc4)c3)S2(=O)=O)cc1. The van der Waals surface area contributed by atoms with Crippen molar-refractivity contribution in [1.29, 1.82) is 0 Å². The van der Waals surface area contributed by atoms with Gasteiger partial charge in [-0.3, -0.25) is 10.1 Å². The lowest BCUT2D eigenvalue weighted by Crippen LogP contribution is -2.33. The minimum absolute atomic E-state index is 0.0394. The summed E-state index contributed by atoms with van der Waals surface area (Å²) >= 11 is 0. The molecule has 0 radical (unpaired) electrons. The lowest BCUT2D eigenvalue weighted by molar-refractivity contribution is -0.125. The van der Waals surface area contributed by atoms with Crippen molar-refractivity contribution >= 4 is 33.7 Å². The second-order valence-corrected chi connectivity index (χ2v) is 13.2. The Morgan fingerprint density at radius 3 is 2.32 bits per heavy atom. The van der Waals surface area contributed by atoms with Gasteiger partial charge in [-0.15, -0.1) is 0 Å². The average Bonchev–Trinajstić information content (AvgIpc) is 3.49. The minimum atomic E-state index is -4.06. The van der Waals surface area contributed by atoms with E-state index in [-0.39, 0.29) is 25.0 Å². The normalized spacial score (nSPS) is 14.9. The Hall–Kier alpha value is -4.75. The minimum Gasteiger partial charge on any atom is -0.497 e. The second-order valence-electron chi connectivity index (χ2n) is 11.4. The Labute approximate surface area is 255 Å². The predicted molar refractivity (Wildman–Crippen MR) is 164 cm³/mol. The van der Waals surface area contributed by atoms with Crippen LogP contribution in [0.1, 0.15) is 37.6 Å². The lowest BCUT2D eigenvalue weighted by atomic mass is 9.92. The van der Waals surface area contributed by atoms with Crippen LogP contribution in [0.5, 0.6) is 5.75 Å². The molecule has 0 unspecified atom stereocenters. The molecule has 1 aliphatic rings. The van der Waals surface area contributed by atoms with E-state index in [0.717, 1.165) is 8.61 Å². The number of rotatable bonds is 8. The number of hydrogen-bond acceptors (Lipinski definition) is 6. The summed E-state index contributed by atoms with van der Waals surface area (Å²) in [4.78, 5) is 25.6. The molecular weight excluding hydrogens is 587 g/mol. The van der Waals surface area contributed by atoms with Gasteiger partial charge in [0.15, 0.2) is 0 Å². The smallest absolute Gasteiger partial charge is 0.324 e. The number of nitrogens with one attached hydrogen (secondary N) is 2. The Morgan fingerprint density at radius 2 is 1.66 bits per heavy atom. The van der Waals surface area contributed by atoms with Gasteiger partial charge in [0.2, 0.25) is 0 Å². The van der Waals surface area contributed by atoms with E-state index < -0.39 is 28.0 Å². The number of hydrogen-bond donors (Lipinski definition) is 2. The van der Waals surface area contributed by atoms with Gasteiger partial charge in [0, 0.05) is 23.7 Å². The lowest BCUT2D eigenvalue weighted by Gasteiger charge is -2.19. The number of nitrogens with zero attached hydrogens (tertiary/aromatic N) is 4. The summed E-state index contributed by atoms with van der Waals surface area (Å²) in [6.07, 6.45) is 0. The highest BCUT2D eigenvalue weighted by Gasteiger charge is 2.42. The fourth-order valence-corrected chi connectivity index (χ4v) is 6.11. The number of benzene rings is 3. The van der Waals surface area contributed by atoms with Crippen LogP contribution in [0.15, 0.2) is 78.9 Å². The fourth-order valence-electron chi connectivity index (χ4n) is 4.62. The number of anilines is 2. The van der Waals surface area contributed by atoms with Crippen LogP contribution >= 0.6 is 0 Å². The molecule has 1 aliphatic heterocycles. The van der Waals surface area contributed by atoms with Gasteiger partial charge in [0.05, 0.1) is 31.6 Å². The van der Waals surface area contributed by atoms with Crippen molar-refractivity contribution in [3.05, 3.63) is 102 Å². The molecular formula is C31H33FN6O5S. The van der Waals surface area contributed by atoms with Crippen molar-refractivity contribution in [1.82, 2.24) is 18.4 Å². The number of methoxy groups -OCH3 is 1. The number of aromatic nitrogens is 2. The van der Waals surface area contributed by atoms with Crippen LogP contribution in [-0.4, -0.2) is 52.4 Å². The first-order valence-electron chi connectivity index (χ1n) is 13.8. The molecule has 3 amide bonds. The maximum Gasteiger partial charge on any atom is 0.324 e. The van der Waals surface area contributed by atoms with Crippen LogP contribution in [-0.2, 0) is 33.5 Å². The third-order valence-corrected chi connectivity index (χ3v) is 8.82. The van der Waals surface area contributed by atoms with Gasteiger partial charge in [0.1, 0.15) is 17.4 Å². The van der Waals surface area contributed by atoms with Crippen molar-refractivity contribution in [2.24, 2.45) is 0 Å². The van der Waals surface area contributed by atoms with Crippen molar-refractivity contribution in [3.63, 3.8) is 0 Å². The molecule has 1 aromatic heterocycles. The Balaban J connectivity index is 1.36. The van der Waals surface area contributed by atoms with Gasteiger partial charge in [0.25, 0.3) is 5.91 Å². The first-order chi connectivity index (χ1) is 20.8. The number of halogens is 1. The number of carbonyl (C=O) groups excluding carboxylic acids is 2. The molecule has 3 aromatic carbocycles. The van der Waals surface area contributed by atoms with Crippen molar-refractivity contribution in [3.8, 4) is 11.4 Å². The van der Waals surface area contributed by atoms with Crippen molar-refractivity contribution in [2.75, 3.05) is 24.3 Å². The summed E-state index contributed by atoms with van der Waals surface area (Å²) < 4.78 is 48.7. The number of ether oxygens (including phenoxy) is 1. The summed E-state index contributed by atoms with van der Waals surface area (Å²) in [5, 5.41) is 10.2. The molecule has 0 spiro atoms. The molecule has 13 heteroatoms. The maximum atomic E-state index is 13.4. The zero-order chi connectivity index (χ0) is 31.6. The summed E-state index contributed by atoms with van der Waals surface area (Å²) in [7, 11) is -2.53. The molecule has 5 rings (SSSR count). The van der Waals surface area contributed by atoms with Crippen LogP contribution in [0.3, 0.4) is 0 Å². The summed E-state index contributed by atoms with van der Waals surface area (Å²) in [5.74, 6) is 0.0724. The molecule has 0 saturated carbocycles. The summed E-state index contributed by atoms with van der Waals surface area (Å²) in [6, 6.07) is 20.5. The molecule has 230 valence electrons. The van der Waals surface area contributed by atoms with Crippen molar-refractivity contribution in [2.45, 2.75) is 39.3 Å². The first kappa shape index (κ1) is 30.7. The van der Waals surface area contributed by atoms with E-state index in [1.807, 2.05) is 20.8 Å². The van der Waals surface area contributed by atoms with Gasteiger partial charge in [-0.1, -0.05) is 45.0 Å². The monoisotopic (exact) mass is 620 g/mol. The van der Waals surface area contributed by atoms with Crippen LogP contribution in [0.2, 0.25) is 0 Å². The summed E-state index contributed by atoms with van der Waals surface area (Å²) in [6.45, 7) is 5.57. The molecule has 0 bridgehead atoms. The highest BCUT2D eigenvalue weighted by atomic mass is 32.2. The van der Waals surface area contributed by atoms with E-state index >= 15 is 0 Å². The summed E-state index contributed by atoms with van der Waals surface area (Å²) in [5.41, 5.74) is 2.64. The molecule has 0 atom stereocenters. The van der Waals surface area contributed by atoms with Crippen LogP contribution in [0, 0.1) is 5.82 Å². The average molecular weight is 621 g/mol. The van der Waals surface area contributed by atoms with Crippen LogP contribution in [0.25, 0.3) is 5.69 Å². The van der Waals surface area contributed by atoms with E-state index in [2.05, 4.69) is 10.6 Å². The van der Waals surface area contributed by atoms with Gasteiger partial charge in [-0.25, -0.2) is 18.2 Å². The third-order valence-electron chi connectivity index (χ3n) is 7.02.